The van der Waals surface area contributed by atoms with Crippen molar-refractivity contribution in [1.29, 1.82) is 0 Å². The molecule has 1 aliphatic rings. The van der Waals surface area contributed by atoms with Crippen LogP contribution in [0.15, 0.2) is 46.7 Å². The second-order valence-electron chi connectivity index (χ2n) is 8.49. The molecule has 1 saturated carbocycles. The highest BCUT2D eigenvalue weighted by molar-refractivity contribution is 7.99. The van der Waals surface area contributed by atoms with E-state index < -0.39 is 28.2 Å². The normalized spacial score (nSPS) is 13.8. The summed E-state index contributed by atoms with van der Waals surface area (Å²) in [4.78, 5) is 24.2. The minimum atomic E-state index is -0.886. The molecule has 190 valence electrons. The van der Waals surface area contributed by atoms with Gasteiger partial charge in [0, 0.05) is 37.3 Å². The molecule has 0 aliphatic heterocycles. The molecule has 1 aliphatic carbocycles. The first kappa shape index (κ1) is 25.7. The number of amides is 1. The number of nitrogens with one attached hydrogen (secondary N) is 1. The van der Waals surface area contributed by atoms with Gasteiger partial charge in [-0.15, -0.1) is 10.2 Å². The van der Waals surface area contributed by atoms with Crippen molar-refractivity contribution in [2.24, 2.45) is 0 Å². The van der Waals surface area contributed by atoms with E-state index in [9.17, 15) is 23.7 Å². The molecule has 0 unspecified atom stereocenters. The smallest absolute Gasteiger partial charge is 0.270 e. The Labute approximate surface area is 210 Å². The Morgan fingerprint density at radius 2 is 1.97 bits per heavy atom. The van der Waals surface area contributed by atoms with Crippen LogP contribution in [0.4, 0.5) is 20.2 Å². The lowest BCUT2D eigenvalue weighted by Gasteiger charge is -2.14. The average molecular weight is 518 g/mol. The van der Waals surface area contributed by atoms with E-state index in [4.69, 9.17) is 4.74 Å². The molecule has 1 fully saturated rings. The molecule has 1 N–H and O–H groups in total. The number of halogens is 2. The molecule has 0 saturated heterocycles. The minimum absolute atomic E-state index is 0.0970. The van der Waals surface area contributed by atoms with Crippen molar-refractivity contribution in [2.75, 3.05) is 19.0 Å². The molecule has 2 aromatic carbocycles. The van der Waals surface area contributed by atoms with Gasteiger partial charge in [-0.25, -0.2) is 8.78 Å². The van der Waals surface area contributed by atoms with Crippen molar-refractivity contribution < 1.29 is 23.2 Å². The second-order valence-corrected chi connectivity index (χ2v) is 9.50. The zero-order valence-corrected chi connectivity index (χ0v) is 20.4. The number of nitrogens with zero attached hydrogens (tertiary/aromatic N) is 4. The van der Waals surface area contributed by atoms with Crippen LogP contribution in [0.2, 0.25) is 0 Å². The maximum atomic E-state index is 14.9. The van der Waals surface area contributed by atoms with Crippen molar-refractivity contribution in [3.05, 3.63) is 69.5 Å². The van der Waals surface area contributed by atoms with Crippen LogP contribution >= 0.6 is 11.8 Å². The highest BCUT2D eigenvalue weighted by Gasteiger charge is 2.24. The van der Waals surface area contributed by atoms with Crippen molar-refractivity contribution in [2.45, 2.75) is 54.6 Å². The summed E-state index contributed by atoms with van der Waals surface area (Å²) in [6.45, 7) is 1.09. The molecule has 0 atom stereocenters. The average Bonchev–Trinajstić information content (AvgIpc) is 3.54. The van der Waals surface area contributed by atoms with Crippen LogP contribution in [0.5, 0.6) is 0 Å². The number of benzene rings is 2. The van der Waals surface area contributed by atoms with Gasteiger partial charge in [-0.05, 0) is 60.7 Å². The third-order valence-electron chi connectivity index (χ3n) is 6.08. The summed E-state index contributed by atoms with van der Waals surface area (Å²) in [5.74, 6) is -2.55. The van der Waals surface area contributed by atoms with Crippen LogP contribution in [-0.4, -0.2) is 39.3 Å². The maximum absolute atomic E-state index is 14.9. The van der Waals surface area contributed by atoms with Gasteiger partial charge in [0.05, 0.1) is 10.5 Å². The third kappa shape index (κ3) is 5.88. The van der Waals surface area contributed by atoms with E-state index in [2.05, 4.69) is 15.5 Å². The van der Waals surface area contributed by atoms with Crippen LogP contribution in [0.25, 0.3) is 0 Å². The summed E-state index contributed by atoms with van der Waals surface area (Å²) in [6.07, 6.45) is 5.99. The molecule has 9 nitrogen and oxygen atoms in total. The van der Waals surface area contributed by atoms with E-state index in [1.165, 1.54) is 30.6 Å². The summed E-state index contributed by atoms with van der Waals surface area (Å²) in [7, 11) is 1.59. The number of methoxy groups -OCH3 is 1. The zero-order chi connectivity index (χ0) is 25.7. The fourth-order valence-electron chi connectivity index (χ4n) is 4.24. The molecular formula is C24H25F2N5O4S. The highest BCUT2D eigenvalue weighted by atomic mass is 32.2. The fraction of sp³-hybridized carbons (Fsp3) is 0.375. The SMILES string of the molecule is COCCCn1cnnc1Sc1ccc([N+](=O)[O-])cc1C(=O)Nc1c(F)cc(C2CCCC2)cc1F. The number of nitro groups is 1. The molecule has 0 spiro atoms. The molecule has 0 bridgehead atoms. The zero-order valence-electron chi connectivity index (χ0n) is 19.6. The van der Waals surface area contributed by atoms with Crippen molar-refractivity contribution in [1.82, 2.24) is 14.8 Å². The Balaban J connectivity index is 1.61. The first-order valence-electron chi connectivity index (χ1n) is 11.5. The van der Waals surface area contributed by atoms with E-state index >= 15 is 0 Å². The van der Waals surface area contributed by atoms with E-state index in [0.717, 1.165) is 43.5 Å². The standard InChI is InChI=1S/C24H25F2N5O4S/c1-35-10-4-9-30-14-27-29-24(30)36-21-8-7-17(31(33)34)13-18(21)23(32)28-22-19(25)11-16(12-20(22)26)15-5-2-3-6-15/h7-8,11-15H,2-6,9-10H2,1H3,(H,28,32). The molecule has 1 heterocycles. The Bertz CT molecular complexity index is 1240. The van der Waals surface area contributed by atoms with Gasteiger partial charge < -0.3 is 14.6 Å². The molecule has 1 amide bonds. The summed E-state index contributed by atoms with van der Waals surface area (Å²) in [5.41, 5.74) is -0.463. The number of hydrogen-bond acceptors (Lipinski definition) is 7. The lowest BCUT2D eigenvalue weighted by Crippen LogP contribution is -2.16. The summed E-state index contributed by atoms with van der Waals surface area (Å²) in [5, 5.41) is 22.0. The Morgan fingerprint density at radius 3 is 2.64 bits per heavy atom. The molecule has 12 heteroatoms. The van der Waals surface area contributed by atoms with E-state index in [1.54, 1.807) is 11.7 Å². The van der Waals surface area contributed by atoms with Crippen molar-refractivity contribution in [3.8, 4) is 0 Å². The quantitative estimate of drug-likeness (QED) is 0.213. The number of rotatable bonds is 10. The van der Waals surface area contributed by atoms with Crippen LogP contribution in [0, 0.1) is 21.7 Å². The second kappa shape index (κ2) is 11.6. The molecule has 36 heavy (non-hydrogen) atoms. The van der Waals surface area contributed by atoms with Gasteiger partial charge in [-0.3, -0.25) is 14.9 Å². The number of aryl methyl sites for hydroxylation is 1. The predicted octanol–water partition coefficient (Wildman–Crippen LogP) is 5.56. The summed E-state index contributed by atoms with van der Waals surface area (Å²) >= 11 is 1.07. The predicted molar refractivity (Wildman–Crippen MR) is 129 cm³/mol. The van der Waals surface area contributed by atoms with Crippen LogP contribution in [0.3, 0.4) is 0 Å². The first-order valence-corrected chi connectivity index (χ1v) is 12.3. The monoisotopic (exact) mass is 517 g/mol. The topological polar surface area (TPSA) is 112 Å². The number of ether oxygens (including phenoxy) is 1. The molecule has 1 aromatic heterocycles. The van der Waals surface area contributed by atoms with Gasteiger partial charge in [0.25, 0.3) is 11.6 Å². The summed E-state index contributed by atoms with van der Waals surface area (Å²) < 4.78 is 36.5. The number of carbonyl (C=O) groups is 1. The number of nitro benzene ring substituents is 1. The number of carbonyl (C=O) groups excluding carboxylic acids is 1. The van der Waals surface area contributed by atoms with Crippen molar-refractivity contribution >= 4 is 29.0 Å². The number of aromatic nitrogens is 3. The Kier molecular flexibility index (Phi) is 8.26. The number of non-ortho nitro benzene ring substituents is 1. The number of anilines is 1. The lowest BCUT2D eigenvalue weighted by atomic mass is 9.97. The minimum Gasteiger partial charge on any atom is -0.385 e. The van der Waals surface area contributed by atoms with Gasteiger partial charge in [0.1, 0.15) is 23.6 Å². The first-order chi connectivity index (χ1) is 17.4. The summed E-state index contributed by atoms with van der Waals surface area (Å²) in [6, 6.07) is 6.23. The highest BCUT2D eigenvalue weighted by Crippen LogP contribution is 2.37. The van der Waals surface area contributed by atoms with Crippen LogP contribution < -0.4 is 5.32 Å². The number of hydrogen-bond donors (Lipinski definition) is 1. The molecule has 4 rings (SSSR count). The Morgan fingerprint density at radius 1 is 1.25 bits per heavy atom. The van der Waals surface area contributed by atoms with Gasteiger partial charge in [-0.2, -0.15) is 0 Å². The van der Waals surface area contributed by atoms with Crippen molar-refractivity contribution in [3.63, 3.8) is 0 Å². The lowest BCUT2D eigenvalue weighted by molar-refractivity contribution is -0.384. The van der Waals surface area contributed by atoms with Gasteiger partial charge in [0.15, 0.2) is 5.16 Å². The van der Waals surface area contributed by atoms with Gasteiger partial charge in [-0.1, -0.05) is 12.8 Å². The molecule has 3 aromatic rings. The molecule has 0 radical (unpaired) electrons. The van der Waals surface area contributed by atoms with E-state index in [-0.39, 0.29) is 17.2 Å². The van der Waals surface area contributed by atoms with Gasteiger partial charge >= 0.3 is 0 Å². The Hall–Kier alpha value is -3.38. The third-order valence-corrected chi connectivity index (χ3v) is 7.15. The van der Waals surface area contributed by atoms with E-state index in [0.29, 0.717) is 35.2 Å². The van der Waals surface area contributed by atoms with E-state index in [1.807, 2.05) is 0 Å². The van der Waals surface area contributed by atoms with Crippen LogP contribution in [-0.2, 0) is 11.3 Å². The fourth-order valence-corrected chi connectivity index (χ4v) is 5.18. The van der Waals surface area contributed by atoms with Crippen LogP contribution in [0.1, 0.15) is 53.9 Å². The maximum Gasteiger partial charge on any atom is 0.270 e. The molecular weight excluding hydrogens is 492 g/mol. The largest absolute Gasteiger partial charge is 0.385 e. The van der Waals surface area contributed by atoms with Gasteiger partial charge in [0.2, 0.25) is 0 Å².